The van der Waals surface area contributed by atoms with Crippen LogP contribution in [0.1, 0.15) is 21.8 Å². The topological polar surface area (TPSA) is 64.4 Å². The van der Waals surface area contributed by atoms with E-state index in [2.05, 4.69) is 10.5 Å². The summed E-state index contributed by atoms with van der Waals surface area (Å²) in [4.78, 5) is 12.6. The third-order valence-electron chi connectivity index (χ3n) is 3.61. The van der Waals surface area contributed by atoms with Crippen molar-refractivity contribution >= 4 is 46.4 Å². The first kappa shape index (κ1) is 18.6. The molecule has 1 aromatic heterocycles. The van der Waals surface area contributed by atoms with Crippen molar-refractivity contribution < 1.29 is 14.1 Å². The minimum absolute atomic E-state index is 0.0675. The molecule has 0 radical (unpaired) electrons. The molecule has 0 aliphatic carbocycles. The quantitative estimate of drug-likeness (QED) is 0.578. The molecule has 0 bridgehead atoms. The van der Waals surface area contributed by atoms with Gasteiger partial charge in [-0.3, -0.25) is 4.79 Å². The van der Waals surface area contributed by atoms with Gasteiger partial charge in [-0.25, -0.2) is 0 Å². The minimum atomic E-state index is -0.505. The molecule has 1 N–H and O–H groups in total. The first-order valence-electron chi connectivity index (χ1n) is 7.55. The van der Waals surface area contributed by atoms with Crippen molar-refractivity contribution in [2.75, 3.05) is 5.32 Å². The molecule has 1 amide bonds. The van der Waals surface area contributed by atoms with Gasteiger partial charge in [0.1, 0.15) is 18.1 Å². The predicted molar refractivity (Wildman–Crippen MR) is 101 cm³/mol. The van der Waals surface area contributed by atoms with Crippen LogP contribution in [0.3, 0.4) is 0 Å². The number of anilines is 1. The lowest BCUT2D eigenvalue weighted by molar-refractivity contribution is 0.101. The summed E-state index contributed by atoms with van der Waals surface area (Å²) < 4.78 is 10.8. The van der Waals surface area contributed by atoms with E-state index in [0.717, 1.165) is 0 Å². The summed E-state index contributed by atoms with van der Waals surface area (Å²) in [5.41, 5.74) is 0.899. The van der Waals surface area contributed by atoms with E-state index >= 15 is 0 Å². The molecule has 5 nitrogen and oxygen atoms in total. The van der Waals surface area contributed by atoms with Crippen molar-refractivity contribution in [1.82, 2.24) is 5.16 Å². The molecule has 3 rings (SSSR count). The highest BCUT2D eigenvalue weighted by atomic mass is 35.5. The number of aromatic nitrogens is 1. The van der Waals surface area contributed by atoms with Crippen molar-refractivity contribution in [1.29, 1.82) is 0 Å². The highest BCUT2D eigenvalue weighted by molar-refractivity contribution is 6.40. The van der Waals surface area contributed by atoms with Gasteiger partial charge in [-0.05, 0) is 31.2 Å². The molecule has 0 aliphatic rings. The van der Waals surface area contributed by atoms with Gasteiger partial charge in [0.15, 0.2) is 5.69 Å². The van der Waals surface area contributed by atoms with Crippen LogP contribution in [0.4, 0.5) is 5.69 Å². The lowest BCUT2D eigenvalue weighted by atomic mass is 10.2. The standard InChI is InChI=1S/C18H13Cl3N2O3/c1-10-11(9-25-15-8-3-2-5-12(15)19)16(23-26-10)18(24)22-17-13(20)6-4-7-14(17)21/h2-8H,9H2,1H3,(H,22,24). The van der Waals surface area contributed by atoms with E-state index in [9.17, 15) is 4.79 Å². The molecule has 1 heterocycles. The molecular formula is C18H13Cl3N2O3. The van der Waals surface area contributed by atoms with Crippen LogP contribution in [0.5, 0.6) is 5.75 Å². The Morgan fingerprint density at radius 1 is 1.08 bits per heavy atom. The summed E-state index contributed by atoms with van der Waals surface area (Å²) in [7, 11) is 0. The van der Waals surface area contributed by atoms with Gasteiger partial charge in [-0.15, -0.1) is 0 Å². The van der Waals surface area contributed by atoms with Gasteiger partial charge >= 0.3 is 0 Å². The molecule has 8 heteroatoms. The van der Waals surface area contributed by atoms with E-state index in [1.807, 2.05) is 0 Å². The first-order valence-corrected chi connectivity index (χ1v) is 8.68. The maximum atomic E-state index is 12.6. The zero-order chi connectivity index (χ0) is 18.7. The van der Waals surface area contributed by atoms with Crippen molar-refractivity contribution in [3.63, 3.8) is 0 Å². The van der Waals surface area contributed by atoms with E-state index in [-0.39, 0.29) is 12.3 Å². The second-order valence-corrected chi connectivity index (χ2v) is 6.56. The van der Waals surface area contributed by atoms with Gasteiger partial charge in [-0.2, -0.15) is 0 Å². The summed E-state index contributed by atoms with van der Waals surface area (Å²) in [5, 5.41) is 7.58. The third kappa shape index (κ3) is 3.96. The number of nitrogens with zero attached hydrogens (tertiary/aromatic N) is 1. The van der Waals surface area contributed by atoms with Crippen LogP contribution in [0, 0.1) is 6.92 Å². The molecule has 0 unspecified atom stereocenters. The number of benzene rings is 2. The Morgan fingerprint density at radius 2 is 1.73 bits per heavy atom. The zero-order valence-electron chi connectivity index (χ0n) is 13.6. The van der Waals surface area contributed by atoms with Crippen LogP contribution in [-0.2, 0) is 6.61 Å². The van der Waals surface area contributed by atoms with E-state index in [1.54, 1.807) is 49.4 Å². The number of aryl methyl sites for hydroxylation is 1. The predicted octanol–water partition coefficient (Wildman–Crippen LogP) is 5.77. The van der Waals surface area contributed by atoms with Crippen LogP contribution >= 0.6 is 34.8 Å². The summed E-state index contributed by atoms with van der Waals surface area (Å²) in [6, 6.07) is 12.0. The van der Waals surface area contributed by atoms with E-state index in [1.165, 1.54) is 0 Å². The molecule has 3 aromatic rings. The second kappa shape index (κ2) is 7.99. The molecule has 0 aliphatic heterocycles. The Morgan fingerprint density at radius 3 is 2.42 bits per heavy atom. The zero-order valence-corrected chi connectivity index (χ0v) is 15.8. The summed E-state index contributed by atoms with van der Waals surface area (Å²) in [6.07, 6.45) is 0. The molecule has 134 valence electrons. The van der Waals surface area contributed by atoms with Crippen molar-refractivity contribution in [3.05, 3.63) is 74.6 Å². The molecule has 0 fully saturated rings. The van der Waals surface area contributed by atoms with Crippen LogP contribution < -0.4 is 10.1 Å². The molecule has 26 heavy (non-hydrogen) atoms. The number of hydrogen-bond donors (Lipinski definition) is 1. The number of amides is 1. The van der Waals surface area contributed by atoms with E-state index in [0.29, 0.717) is 37.8 Å². The van der Waals surface area contributed by atoms with Crippen LogP contribution in [0.25, 0.3) is 0 Å². The van der Waals surface area contributed by atoms with Crippen molar-refractivity contribution in [2.45, 2.75) is 13.5 Å². The molecule has 0 atom stereocenters. The fraction of sp³-hybridized carbons (Fsp3) is 0.111. The second-order valence-electron chi connectivity index (χ2n) is 5.34. The largest absolute Gasteiger partial charge is 0.487 e. The summed E-state index contributed by atoms with van der Waals surface area (Å²) in [5.74, 6) is 0.456. The molecule has 0 spiro atoms. The van der Waals surface area contributed by atoms with Crippen LogP contribution in [0.2, 0.25) is 15.1 Å². The van der Waals surface area contributed by atoms with E-state index in [4.69, 9.17) is 44.1 Å². The average molecular weight is 412 g/mol. The van der Waals surface area contributed by atoms with Gasteiger partial charge in [0.05, 0.1) is 26.3 Å². The van der Waals surface area contributed by atoms with Crippen molar-refractivity contribution in [2.24, 2.45) is 0 Å². The average Bonchev–Trinajstić information content (AvgIpc) is 2.98. The molecule has 0 saturated heterocycles. The Kier molecular flexibility index (Phi) is 5.71. The lowest BCUT2D eigenvalue weighted by Gasteiger charge is -2.10. The number of carbonyl (C=O) groups is 1. The van der Waals surface area contributed by atoms with E-state index < -0.39 is 5.91 Å². The van der Waals surface area contributed by atoms with Gasteiger partial charge in [0.2, 0.25) is 0 Å². The van der Waals surface area contributed by atoms with Crippen LogP contribution in [0.15, 0.2) is 47.0 Å². The first-order chi connectivity index (χ1) is 12.5. The maximum absolute atomic E-state index is 12.6. The summed E-state index contributed by atoms with van der Waals surface area (Å²) in [6.45, 7) is 1.76. The highest BCUT2D eigenvalue weighted by Crippen LogP contribution is 2.31. The fourth-order valence-corrected chi connectivity index (χ4v) is 2.92. The number of rotatable bonds is 5. The normalized spacial score (nSPS) is 10.6. The van der Waals surface area contributed by atoms with Gasteiger partial charge < -0.3 is 14.6 Å². The smallest absolute Gasteiger partial charge is 0.278 e. The van der Waals surface area contributed by atoms with Crippen LogP contribution in [-0.4, -0.2) is 11.1 Å². The summed E-state index contributed by atoms with van der Waals surface area (Å²) >= 11 is 18.2. The Bertz CT molecular complexity index is 936. The number of carbonyl (C=O) groups excluding carboxylic acids is 1. The van der Waals surface area contributed by atoms with Crippen molar-refractivity contribution in [3.8, 4) is 5.75 Å². The molecule has 2 aromatic carbocycles. The fourth-order valence-electron chi connectivity index (χ4n) is 2.24. The highest BCUT2D eigenvalue weighted by Gasteiger charge is 2.22. The number of para-hydroxylation sites is 2. The SMILES string of the molecule is Cc1onc(C(=O)Nc2c(Cl)cccc2Cl)c1COc1ccccc1Cl. The molecular weight excluding hydrogens is 399 g/mol. The number of halogens is 3. The number of nitrogens with one attached hydrogen (secondary N) is 1. The van der Waals surface area contributed by atoms with Gasteiger partial charge in [0, 0.05) is 0 Å². The van der Waals surface area contributed by atoms with Gasteiger partial charge in [-0.1, -0.05) is 58.2 Å². The Labute approximate surface area is 164 Å². The monoisotopic (exact) mass is 410 g/mol. The maximum Gasteiger partial charge on any atom is 0.278 e. The number of hydrogen-bond acceptors (Lipinski definition) is 4. The number of ether oxygens (including phenoxy) is 1. The molecule has 0 saturated carbocycles. The lowest BCUT2D eigenvalue weighted by Crippen LogP contribution is -2.16. The minimum Gasteiger partial charge on any atom is -0.487 e. The Hall–Kier alpha value is -2.21. The Balaban J connectivity index is 1.81. The van der Waals surface area contributed by atoms with Gasteiger partial charge in [0.25, 0.3) is 5.91 Å². The third-order valence-corrected chi connectivity index (χ3v) is 4.55.